The maximum absolute atomic E-state index is 12.2. The van der Waals surface area contributed by atoms with E-state index in [1.54, 1.807) is 32.0 Å². The molecule has 0 fully saturated rings. The van der Waals surface area contributed by atoms with E-state index in [1.807, 2.05) is 44.2 Å². The molecule has 2 aromatic carbocycles. The summed E-state index contributed by atoms with van der Waals surface area (Å²) in [7, 11) is 3.40. The molecule has 0 aliphatic rings. The molecule has 2 rings (SSSR count). The van der Waals surface area contributed by atoms with E-state index < -0.39 is 12.7 Å². The van der Waals surface area contributed by atoms with Crippen molar-refractivity contribution in [3.63, 3.8) is 0 Å². The molecule has 0 saturated heterocycles. The molecular formula is C21H28BrF2N3O2. The van der Waals surface area contributed by atoms with E-state index in [9.17, 15) is 13.6 Å². The highest BCUT2D eigenvalue weighted by atomic mass is 79.9. The molecule has 0 heterocycles. The van der Waals surface area contributed by atoms with E-state index in [0.717, 1.165) is 4.47 Å². The topological polar surface area (TPSA) is 67.9 Å². The Morgan fingerprint density at radius 3 is 2.14 bits per heavy atom. The van der Waals surface area contributed by atoms with Crippen LogP contribution in [0.2, 0.25) is 0 Å². The van der Waals surface area contributed by atoms with Gasteiger partial charge in [-0.15, -0.1) is 0 Å². The van der Waals surface area contributed by atoms with Gasteiger partial charge in [0, 0.05) is 18.6 Å². The lowest BCUT2D eigenvalue weighted by atomic mass is 10.1. The quantitative estimate of drug-likeness (QED) is 0.370. The summed E-state index contributed by atoms with van der Waals surface area (Å²) in [6.07, 6.45) is 0.638. The predicted molar refractivity (Wildman–Crippen MR) is 117 cm³/mol. The maximum atomic E-state index is 12.2. The number of rotatable bonds is 5. The first-order chi connectivity index (χ1) is 13.7. The molecule has 0 aliphatic carbocycles. The van der Waals surface area contributed by atoms with Gasteiger partial charge in [-0.2, -0.15) is 8.78 Å². The minimum absolute atomic E-state index is 0.0676. The van der Waals surface area contributed by atoms with Crippen LogP contribution in [0.4, 0.5) is 8.78 Å². The molecular weight excluding hydrogens is 444 g/mol. The summed E-state index contributed by atoms with van der Waals surface area (Å²) in [4.78, 5) is 16.7. The smallest absolute Gasteiger partial charge is 0.387 e. The van der Waals surface area contributed by atoms with Crippen molar-refractivity contribution in [1.29, 1.82) is 0 Å². The summed E-state index contributed by atoms with van der Waals surface area (Å²) >= 11 is 3.31. The van der Waals surface area contributed by atoms with Crippen LogP contribution in [0, 0.1) is 6.92 Å². The third-order valence-corrected chi connectivity index (χ3v) is 3.88. The predicted octanol–water partition coefficient (Wildman–Crippen LogP) is 5.19. The second kappa shape index (κ2) is 14.5. The Kier molecular flexibility index (Phi) is 13.3. The van der Waals surface area contributed by atoms with Gasteiger partial charge in [-0.3, -0.25) is 0 Å². The highest BCUT2D eigenvalue weighted by Gasteiger charge is 2.13. The van der Waals surface area contributed by atoms with Gasteiger partial charge in [0.15, 0.2) is 5.96 Å². The van der Waals surface area contributed by atoms with Crippen molar-refractivity contribution in [2.24, 2.45) is 10.7 Å². The van der Waals surface area contributed by atoms with Crippen molar-refractivity contribution in [2.75, 3.05) is 14.1 Å². The summed E-state index contributed by atoms with van der Waals surface area (Å²) in [6.45, 7) is 2.73. The number of guanidine groups is 1. The van der Waals surface area contributed by atoms with Crippen molar-refractivity contribution < 1.29 is 18.3 Å². The highest BCUT2D eigenvalue weighted by Crippen LogP contribution is 2.25. The average Bonchev–Trinajstić information content (AvgIpc) is 2.69. The third-order valence-electron chi connectivity index (χ3n) is 3.35. The van der Waals surface area contributed by atoms with E-state index in [2.05, 4.69) is 25.7 Å². The number of ether oxygens (including phenoxy) is 1. The van der Waals surface area contributed by atoms with Gasteiger partial charge in [0.05, 0.1) is 0 Å². The second-order valence-electron chi connectivity index (χ2n) is 5.66. The summed E-state index contributed by atoms with van der Waals surface area (Å²) in [5.41, 5.74) is 6.71. The van der Waals surface area contributed by atoms with Crippen LogP contribution in [0.5, 0.6) is 5.75 Å². The molecule has 0 amide bonds. The number of alkyl halides is 2. The summed E-state index contributed by atoms with van der Waals surface area (Å²) in [6, 6.07) is 13.7. The van der Waals surface area contributed by atoms with E-state index in [1.165, 1.54) is 12.1 Å². The molecule has 0 radical (unpaired) electrons. The summed E-state index contributed by atoms with van der Waals surface area (Å²) in [5, 5.41) is 0. The molecule has 0 spiro atoms. The number of aliphatic imine (C=N–C) groups is 1. The fraction of sp³-hybridized carbons (Fsp3) is 0.333. The average molecular weight is 472 g/mol. The van der Waals surface area contributed by atoms with Crippen molar-refractivity contribution in [1.82, 2.24) is 4.90 Å². The number of halogens is 3. The number of hydrogen-bond donors (Lipinski definition) is 1. The van der Waals surface area contributed by atoms with Crippen LogP contribution in [0.1, 0.15) is 31.0 Å². The maximum Gasteiger partial charge on any atom is 0.387 e. The molecule has 1 atom stereocenters. The van der Waals surface area contributed by atoms with Crippen molar-refractivity contribution in [3.05, 3.63) is 64.1 Å². The zero-order valence-electron chi connectivity index (χ0n) is 17.3. The Bertz CT molecular complexity index is 757. The minimum atomic E-state index is -2.89. The second-order valence-corrected chi connectivity index (χ2v) is 6.58. The van der Waals surface area contributed by atoms with E-state index in [0.29, 0.717) is 17.4 Å². The molecule has 1 unspecified atom stereocenters. The van der Waals surface area contributed by atoms with Gasteiger partial charge in [0.25, 0.3) is 0 Å². The Morgan fingerprint density at radius 2 is 1.76 bits per heavy atom. The van der Waals surface area contributed by atoms with Crippen LogP contribution in [-0.2, 0) is 4.79 Å². The number of hydrogen-bond acceptors (Lipinski definition) is 3. The van der Waals surface area contributed by atoms with E-state index in [-0.39, 0.29) is 11.7 Å². The van der Waals surface area contributed by atoms with Gasteiger partial charge < -0.3 is 20.2 Å². The number of nitrogens with two attached hydrogens (primary N) is 1. The van der Waals surface area contributed by atoms with Crippen LogP contribution in [0.15, 0.2) is 58.0 Å². The number of carbonyl (C=O) groups excluding carboxylic acids is 1. The largest absolute Gasteiger partial charge is 0.435 e. The van der Waals surface area contributed by atoms with Crippen molar-refractivity contribution >= 4 is 28.2 Å². The van der Waals surface area contributed by atoms with Crippen LogP contribution >= 0.6 is 15.9 Å². The van der Waals surface area contributed by atoms with Gasteiger partial charge in [0.2, 0.25) is 0 Å². The number of aldehydes is 1. The molecule has 2 aromatic rings. The fourth-order valence-corrected chi connectivity index (χ4v) is 2.25. The molecule has 2 N–H and O–H groups in total. The van der Waals surface area contributed by atoms with E-state index >= 15 is 0 Å². The molecule has 0 saturated carbocycles. The summed E-state index contributed by atoms with van der Waals surface area (Å²) in [5.74, 6) is 0.269. The first-order valence-corrected chi connectivity index (χ1v) is 9.75. The standard InChI is InChI=1S/C13H17F2N3O2.C6H5Br.C2H6/c1-8-6-9(4-5-11(8)20-12(14)15)10(7-19)17-13(16)18(2)3;7-6-4-2-1-3-5-6;1-2/h4-7,10,12H,1-3H3,(H2,16,17);1-5H;1-2H3. The Hall–Kier alpha value is -2.48. The lowest BCUT2D eigenvalue weighted by molar-refractivity contribution is -0.108. The van der Waals surface area contributed by atoms with Gasteiger partial charge in [-0.05, 0) is 42.3 Å². The molecule has 29 heavy (non-hydrogen) atoms. The van der Waals surface area contributed by atoms with Crippen molar-refractivity contribution in [2.45, 2.75) is 33.4 Å². The first-order valence-electron chi connectivity index (χ1n) is 8.96. The zero-order chi connectivity index (χ0) is 22.4. The monoisotopic (exact) mass is 471 g/mol. The third kappa shape index (κ3) is 10.6. The number of benzene rings is 2. The molecule has 0 bridgehead atoms. The normalized spacial score (nSPS) is 11.4. The number of nitrogens with zero attached hydrogens (tertiary/aromatic N) is 2. The Labute approximate surface area is 179 Å². The molecule has 5 nitrogen and oxygen atoms in total. The highest BCUT2D eigenvalue weighted by molar-refractivity contribution is 9.10. The fourth-order valence-electron chi connectivity index (χ4n) is 1.94. The SMILES string of the molecule is Brc1ccccc1.CC.Cc1cc(C(C=O)N=C(N)N(C)C)ccc1OC(F)F. The van der Waals surface area contributed by atoms with Crippen LogP contribution < -0.4 is 10.5 Å². The Balaban J connectivity index is 0.000000722. The molecule has 0 aromatic heterocycles. The molecule has 160 valence electrons. The van der Waals surface area contributed by atoms with E-state index in [4.69, 9.17) is 5.73 Å². The lowest BCUT2D eigenvalue weighted by Gasteiger charge is -2.15. The lowest BCUT2D eigenvalue weighted by Crippen LogP contribution is -2.31. The van der Waals surface area contributed by atoms with Gasteiger partial charge >= 0.3 is 6.61 Å². The van der Waals surface area contributed by atoms with Crippen LogP contribution in [-0.4, -0.2) is 37.9 Å². The molecule has 0 aliphatic heterocycles. The molecule has 8 heteroatoms. The minimum Gasteiger partial charge on any atom is -0.435 e. The zero-order valence-corrected chi connectivity index (χ0v) is 18.9. The van der Waals surface area contributed by atoms with Gasteiger partial charge in [0.1, 0.15) is 18.1 Å². The number of aryl methyl sites for hydroxylation is 1. The Morgan fingerprint density at radius 1 is 1.17 bits per heavy atom. The first kappa shape index (κ1) is 26.5. The number of carbonyl (C=O) groups is 1. The van der Waals surface area contributed by atoms with Crippen LogP contribution in [0.25, 0.3) is 0 Å². The van der Waals surface area contributed by atoms with Gasteiger partial charge in [-0.1, -0.05) is 54.0 Å². The summed E-state index contributed by atoms with van der Waals surface area (Å²) < 4.78 is 29.8. The van der Waals surface area contributed by atoms with Gasteiger partial charge in [-0.25, -0.2) is 4.99 Å². The van der Waals surface area contributed by atoms with Crippen molar-refractivity contribution in [3.8, 4) is 5.75 Å². The van der Waals surface area contributed by atoms with Crippen LogP contribution in [0.3, 0.4) is 0 Å².